The zero-order valence-corrected chi connectivity index (χ0v) is 21.7. The fourth-order valence-electron chi connectivity index (χ4n) is 4.50. The van der Waals surface area contributed by atoms with Crippen molar-refractivity contribution >= 4 is 57.7 Å². The Hall–Kier alpha value is -4.01. The Labute approximate surface area is 228 Å². The lowest BCUT2D eigenvalue weighted by Gasteiger charge is -2.34. The van der Waals surface area contributed by atoms with Crippen molar-refractivity contribution in [3.63, 3.8) is 0 Å². The van der Waals surface area contributed by atoms with E-state index in [0.717, 1.165) is 22.2 Å². The van der Waals surface area contributed by atoms with E-state index < -0.39 is 18.0 Å². The first-order valence-corrected chi connectivity index (χ1v) is 12.8. The molecule has 1 aliphatic rings. The number of fused-ring (bicyclic) bond motifs is 3. The second-order valence-electron chi connectivity index (χ2n) is 8.86. The van der Waals surface area contributed by atoms with E-state index in [1.165, 1.54) is 4.90 Å². The van der Waals surface area contributed by atoms with E-state index in [1.54, 1.807) is 42.5 Å². The van der Waals surface area contributed by atoms with Crippen molar-refractivity contribution in [3.8, 4) is 5.75 Å². The van der Waals surface area contributed by atoms with Crippen molar-refractivity contribution in [2.75, 3.05) is 11.9 Å². The van der Waals surface area contributed by atoms with E-state index >= 15 is 0 Å². The molecular formula is C28H24Cl2N4O4. The van der Waals surface area contributed by atoms with Gasteiger partial charge in [0.1, 0.15) is 11.8 Å². The largest absolute Gasteiger partial charge is 0.426 e. The number of benzene rings is 3. The quantitative estimate of drug-likeness (QED) is 0.216. The van der Waals surface area contributed by atoms with Gasteiger partial charge in [-0.2, -0.15) is 0 Å². The number of esters is 1. The van der Waals surface area contributed by atoms with Gasteiger partial charge in [-0.25, -0.2) is 4.79 Å². The number of para-hydroxylation sites is 2. The minimum Gasteiger partial charge on any atom is -0.426 e. The fraction of sp³-hybridized carbons (Fsp3) is 0.179. The summed E-state index contributed by atoms with van der Waals surface area (Å²) in [7, 11) is 0. The lowest BCUT2D eigenvalue weighted by atomic mass is 9.96. The number of carbonyl (C=O) groups excluding carboxylic acids is 3. The third kappa shape index (κ3) is 5.61. The van der Waals surface area contributed by atoms with E-state index in [9.17, 15) is 14.4 Å². The van der Waals surface area contributed by atoms with Gasteiger partial charge in [-0.05, 0) is 42.0 Å². The number of rotatable bonds is 6. The van der Waals surface area contributed by atoms with Crippen molar-refractivity contribution < 1.29 is 19.1 Å². The molecule has 194 valence electrons. The molecule has 0 radical (unpaired) electrons. The maximum atomic E-state index is 13.4. The number of urea groups is 1. The standard InChI is InChI=1S/C28H24Cl2N4O4/c29-21-11-10-17(14-22(21)30)32-28(37)34-16-24-20(19-8-4-5-9-23(19)33-24)15-25(34)27(36)31-13-12-26(35)38-18-6-2-1-3-7-18/h1-11,14,25,33H,12-13,15-16H2,(H,31,36)(H,32,37)/t25-/m1/s1. The molecule has 0 spiro atoms. The van der Waals surface area contributed by atoms with Crippen LogP contribution in [0.3, 0.4) is 0 Å². The minimum absolute atomic E-state index is 0.0127. The predicted octanol–water partition coefficient (Wildman–Crippen LogP) is 5.55. The second-order valence-corrected chi connectivity index (χ2v) is 9.68. The maximum Gasteiger partial charge on any atom is 0.322 e. The average molecular weight is 551 g/mol. The molecule has 0 fully saturated rings. The maximum absolute atomic E-state index is 13.4. The molecule has 4 aromatic rings. The molecule has 10 heteroatoms. The van der Waals surface area contributed by atoms with Crippen LogP contribution < -0.4 is 15.4 Å². The van der Waals surface area contributed by atoms with Crippen LogP contribution in [0.4, 0.5) is 10.5 Å². The number of hydrogen-bond acceptors (Lipinski definition) is 4. The highest BCUT2D eigenvalue weighted by Crippen LogP contribution is 2.31. The molecule has 1 atom stereocenters. The lowest BCUT2D eigenvalue weighted by Crippen LogP contribution is -2.54. The van der Waals surface area contributed by atoms with E-state index in [4.69, 9.17) is 27.9 Å². The summed E-state index contributed by atoms with van der Waals surface area (Å²) >= 11 is 12.1. The summed E-state index contributed by atoms with van der Waals surface area (Å²) in [6.07, 6.45) is 0.301. The van der Waals surface area contributed by atoms with Gasteiger partial charge in [0, 0.05) is 35.2 Å². The van der Waals surface area contributed by atoms with Crippen LogP contribution in [-0.2, 0) is 22.6 Å². The molecule has 8 nitrogen and oxygen atoms in total. The number of hydrogen-bond donors (Lipinski definition) is 3. The highest BCUT2D eigenvalue weighted by atomic mass is 35.5. The van der Waals surface area contributed by atoms with Crippen LogP contribution in [-0.4, -0.2) is 40.4 Å². The van der Waals surface area contributed by atoms with Gasteiger partial charge in [-0.15, -0.1) is 0 Å². The zero-order valence-electron chi connectivity index (χ0n) is 20.2. The molecule has 38 heavy (non-hydrogen) atoms. The molecule has 0 aliphatic carbocycles. The van der Waals surface area contributed by atoms with Crippen molar-refractivity contribution in [1.82, 2.24) is 15.2 Å². The Morgan fingerprint density at radius 1 is 0.974 bits per heavy atom. The molecular weight excluding hydrogens is 527 g/mol. The first-order valence-electron chi connectivity index (χ1n) is 12.0. The molecule has 3 amide bonds. The molecule has 1 aromatic heterocycles. The van der Waals surface area contributed by atoms with Gasteiger partial charge < -0.3 is 25.3 Å². The second kappa shape index (κ2) is 11.2. The van der Waals surface area contributed by atoms with E-state index in [1.807, 2.05) is 30.3 Å². The Morgan fingerprint density at radius 2 is 1.74 bits per heavy atom. The molecule has 5 rings (SSSR count). The van der Waals surface area contributed by atoms with Gasteiger partial charge in [0.25, 0.3) is 0 Å². The number of ether oxygens (including phenoxy) is 1. The Morgan fingerprint density at radius 3 is 2.53 bits per heavy atom. The van der Waals surface area contributed by atoms with Crippen molar-refractivity contribution in [1.29, 1.82) is 0 Å². The number of aromatic amines is 1. The number of nitrogens with zero attached hydrogens (tertiary/aromatic N) is 1. The van der Waals surface area contributed by atoms with Gasteiger partial charge in [0.15, 0.2) is 0 Å². The monoisotopic (exact) mass is 550 g/mol. The number of nitrogens with one attached hydrogen (secondary N) is 3. The van der Waals surface area contributed by atoms with Gasteiger partial charge in [0.2, 0.25) is 5.91 Å². The summed E-state index contributed by atoms with van der Waals surface area (Å²) in [6.45, 7) is 0.273. The van der Waals surface area contributed by atoms with Crippen molar-refractivity contribution in [2.24, 2.45) is 0 Å². The van der Waals surface area contributed by atoms with Crippen LogP contribution in [0.25, 0.3) is 10.9 Å². The highest BCUT2D eigenvalue weighted by Gasteiger charge is 2.36. The fourth-order valence-corrected chi connectivity index (χ4v) is 4.80. The minimum atomic E-state index is -0.797. The van der Waals surface area contributed by atoms with Crippen molar-refractivity contribution in [2.45, 2.75) is 25.4 Å². The summed E-state index contributed by atoms with van der Waals surface area (Å²) in [4.78, 5) is 43.7. The van der Waals surface area contributed by atoms with Crippen LogP contribution in [0.1, 0.15) is 17.7 Å². The number of amides is 3. The smallest absolute Gasteiger partial charge is 0.322 e. The molecule has 1 aliphatic heterocycles. The third-order valence-corrected chi connectivity index (χ3v) is 7.08. The average Bonchev–Trinajstić information content (AvgIpc) is 3.28. The Bertz CT molecular complexity index is 1510. The van der Waals surface area contributed by atoms with Crippen LogP contribution in [0.15, 0.2) is 72.8 Å². The SMILES string of the molecule is O=C(CCNC(=O)[C@H]1Cc2c([nH]c3ccccc23)CN1C(=O)Nc1ccc(Cl)c(Cl)c1)Oc1ccccc1. The summed E-state index contributed by atoms with van der Waals surface area (Å²) < 4.78 is 5.28. The van der Waals surface area contributed by atoms with Crippen LogP contribution in [0, 0.1) is 0 Å². The van der Waals surface area contributed by atoms with Gasteiger partial charge in [-0.1, -0.05) is 59.6 Å². The molecule has 0 saturated carbocycles. The summed E-state index contributed by atoms with van der Waals surface area (Å²) in [5, 5.41) is 7.28. The van der Waals surface area contributed by atoms with Gasteiger partial charge >= 0.3 is 12.0 Å². The van der Waals surface area contributed by atoms with Crippen LogP contribution in [0.2, 0.25) is 10.0 Å². The first kappa shape index (κ1) is 25.6. The topological polar surface area (TPSA) is 104 Å². The van der Waals surface area contributed by atoms with E-state index in [0.29, 0.717) is 27.9 Å². The number of aromatic nitrogens is 1. The van der Waals surface area contributed by atoms with Crippen molar-refractivity contribution in [3.05, 3.63) is 94.1 Å². The predicted molar refractivity (Wildman–Crippen MR) is 147 cm³/mol. The first-order chi connectivity index (χ1) is 18.4. The number of H-pyrrole nitrogens is 1. The molecule has 3 N–H and O–H groups in total. The number of anilines is 1. The number of carbonyl (C=O) groups is 3. The van der Waals surface area contributed by atoms with Gasteiger partial charge in [0.05, 0.1) is 23.0 Å². The molecule has 0 bridgehead atoms. The Balaban J connectivity index is 1.31. The summed E-state index contributed by atoms with van der Waals surface area (Å²) in [5.74, 6) is -0.390. The molecule has 0 saturated heterocycles. The normalized spacial score (nSPS) is 14.6. The Kier molecular flexibility index (Phi) is 7.53. The number of halogens is 2. The lowest BCUT2D eigenvalue weighted by molar-refractivity contribution is -0.134. The van der Waals surface area contributed by atoms with E-state index in [2.05, 4.69) is 15.6 Å². The highest BCUT2D eigenvalue weighted by molar-refractivity contribution is 6.42. The summed E-state index contributed by atoms with van der Waals surface area (Å²) in [5.41, 5.74) is 3.25. The van der Waals surface area contributed by atoms with Crippen LogP contribution >= 0.6 is 23.2 Å². The molecule has 0 unspecified atom stereocenters. The van der Waals surface area contributed by atoms with E-state index in [-0.39, 0.29) is 25.4 Å². The molecule has 2 heterocycles. The van der Waals surface area contributed by atoms with Gasteiger partial charge in [-0.3, -0.25) is 9.59 Å². The summed E-state index contributed by atoms with van der Waals surface area (Å²) in [6, 6.07) is 20.1. The van der Waals surface area contributed by atoms with Crippen LogP contribution in [0.5, 0.6) is 5.75 Å². The zero-order chi connectivity index (χ0) is 26.6. The molecule has 3 aromatic carbocycles. The third-order valence-electron chi connectivity index (χ3n) is 6.34.